The molecule has 3 aliphatic rings. The Morgan fingerprint density at radius 2 is 2.46 bits per heavy atom. The molecule has 3 heteroatoms. The van der Waals surface area contributed by atoms with E-state index < -0.39 is 6.10 Å². The fraction of sp³-hybridized carbons (Fsp3) is 0.700. The van der Waals surface area contributed by atoms with Crippen LogP contribution in [0, 0.1) is 5.92 Å². The van der Waals surface area contributed by atoms with Crippen molar-refractivity contribution in [1.82, 2.24) is 4.90 Å². The molecule has 1 aliphatic carbocycles. The molecule has 1 saturated carbocycles. The van der Waals surface area contributed by atoms with Gasteiger partial charge in [-0.05, 0) is 12.8 Å². The summed E-state index contributed by atoms with van der Waals surface area (Å²) in [5, 5.41) is 9.74. The Labute approximate surface area is 77.0 Å². The number of hydrogen-bond acceptors (Lipinski definition) is 2. The van der Waals surface area contributed by atoms with Crippen LogP contribution >= 0.6 is 0 Å². The second-order valence-electron chi connectivity index (χ2n) is 4.29. The molecular weight excluding hydrogens is 166 g/mol. The molecule has 2 fully saturated rings. The normalized spacial score (nSPS) is 47.2. The number of aliphatic hydroxyl groups is 1. The number of aliphatic hydroxyl groups excluding tert-OH is 1. The van der Waals surface area contributed by atoms with E-state index in [0.717, 1.165) is 19.3 Å². The highest BCUT2D eigenvalue weighted by Gasteiger charge is 2.59. The van der Waals surface area contributed by atoms with Gasteiger partial charge in [-0.15, -0.1) is 0 Å². The van der Waals surface area contributed by atoms with E-state index in [-0.39, 0.29) is 17.4 Å². The maximum atomic E-state index is 11.6. The molecule has 0 aromatic heterocycles. The Balaban J connectivity index is 2.10. The van der Waals surface area contributed by atoms with E-state index in [1.165, 1.54) is 0 Å². The Hall–Kier alpha value is -0.830. The van der Waals surface area contributed by atoms with Crippen LogP contribution in [-0.4, -0.2) is 34.1 Å². The van der Waals surface area contributed by atoms with Crippen molar-refractivity contribution in [2.75, 3.05) is 6.54 Å². The molecule has 2 aliphatic heterocycles. The number of hydrogen-bond donors (Lipinski definition) is 1. The molecule has 1 spiro atoms. The quantitative estimate of drug-likeness (QED) is 0.543. The molecule has 0 aromatic rings. The van der Waals surface area contributed by atoms with Gasteiger partial charge in [0.25, 0.3) is 5.91 Å². The van der Waals surface area contributed by atoms with Gasteiger partial charge in [0, 0.05) is 12.5 Å². The lowest BCUT2D eigenvalue weighted by atomic mass is 9.88. The maximum Gasteiger partial charge on any atom is 0.252 e. The molecule has 3 rings (SSSR count). The first-order valence-electron chi connectivity index (χ1n) is 4.93. The lowest BCUT2D eigenvalue weighted by molar-refractivity contribution is -0.135. The molecule has 13 heavy (non-hydrogen) atoms. The van der Waals surface area contributed by atoms with Crippen molar-refractivity contribution in [2.45, 2.75) is 30.9 Å². The summed E-state index contributed by atoms with van der Waals surface area (Å²) < 4.78 is 0. The van der Waals surface area contributed by atoms with E-state index >= 15 is 0 Å². The van der Waals surface area contributed by atoms with Crippen molar-refractivity contribution in [3.63, 3.8) is 0 Å². The Bertz CT molecular complexity index is 299. The third-order valence-corrected chi connectivity index (χ3v) is 3.83. The molecule has 0 bridgehead atoms. The second-order valence-corrected chi connectivity index (χ2v) is 4.29. The summed E-state index contributed by atoms with van der Waals surface area (Å²) in [6.45, 7) is 0.701. The smallest absolute Gasteiger partial charge is 0.252 e. The lowest BCUT2D eigenvalue weighted by Crippen LogP contribution is -2.41. The van der Waals surface area contributed by atoms with Crippen molar-refractivity contribution >= 4 is 5.91 Å². The predicted octanol–water partition coefficient (Wildman–Crippen LogP) is 0.298. The standard InChI is InChI=1S/C10H13NO2/c12-8-7-3-1-4-10(7)5-2-6-11(10)9(8)13/h2,5,7-8,12H,1,3-4,6H2/t7-,8+,10+/m1/s1. The van der Waals surface area contributed by atoms with Crippen LogP contribution in [0.15, 0.2) is 12.2 Å². The third kappa shape index (κ3) is 0.680. The second kappa shape index (κ2) is 2.15. The molecule has 1 saturated heterocycles. The van der Waals surface area contributed by atoms with E-state index in [1.54, 1.807) is 0 Å². The zero-order valence-electron chi connectivity index (χ0n) is 7.44. The average molecular weight is 179 g/mol. The highest BCUT2D eigenvalue weighted by Crippen LogP contribution is 2.50. The Morgan fingerprint density at radius 1 is 1.62 bits per heavy atom. The highest BCUT2D eigenvalue weighted by atomic mass is 16.3. The number of carbonyl (C=O) groups excluding carboxylic acids is 1. The highest BCUT2D eigenvalue weighted by molar-refractivity contribution is 5.86. The van der Waals surface area contributed by atoms with E-state index in [4.69, 9.17) is 0 Å². The fourth-order valence-electron chi connectivity index (χ4n) is 3.26. The Kier molecular flexibility index (Phi) is 1.25. The van der Waals surface area contributed by atoms with Gasteiger partial charge >= 0.3 is 0 Å². The average Bonchev–Trinajstić information content (AvgIpc) is 2.75. The Morgan fingerprint density at radius 3 is 3.31 bits per heavy atom. The molecule has 0 aromatic carbocycles. The van der Waals surface area contributed by atoms with Crippen molar-refractivity contribution in [1.29, 1.82) is 0 Å². The van der Waals surface area contributed by atoms with Crippen molar-refractivity contribution in [3.05, 3.63) is 12.2 Å². The topological polar surface area (TPSA) is 40.5 Å². The summed E-state index contributed by atoms with van der Waals surface area (Å²) in [5.41, 5.74) is -0.0868. The fourth-order valence-corrected chi connectivity index (χ4v) is 3.26. The summed E-state index contributed by atoms with van der Waals surface area (Å²) >= 11 is 0. The molecular formula is C10H13NO2. The van der Waals surface area contributed by atoms with Gasteiger partial charge in [0.2, 0.25) is 0 Å². The molecule has 1 N–H and O–H groups in total. The number of rotatable bonds is 0. The van der Waals surface area contributed by atoms with Gasteiger partial charge in [-0.1, -0.05) is 18.6 Å². The molecule has 2 heterocycles. The largest absolute Gasteiger partial charge is 0.383 e. The van der Waals surface area contributed by atoms with Crippen molar-refractivity contribution < 1.29 is 9.90 Å². The van der Waals surface area contributed by atoms with Crippen molar-refractivity contribution in [3.8, 4) is 0 Å². The number of amides is 1. The zero-order chi connectivity index (χ0) is 9.05. The van der Waals surface area contributed by atoms with Crippen LogP contribution in [0.25, 0.3) is 0 Å². The van der Waals surface area contributed by atoms with Crippen LogP contribution < -0.4 is 0 Å². The SMILES string of the molecule is O=C1[C@@H](O)[C@H]2CCC[C@]23C=CCN13. The van der Waals surface area contributed by atoms with Gasteiger partial charge in [-0.25, -0.2) is 0 Å². The number of carbonyl (C=O) groups is 1. The van der Waals surface area contributed by atoms with Gasteiger partial charge in [0.1, 0.15) is 6.10 Å². The molecule has 3 nitrogen and oxygen atoms in total. The van der Waals surface area contributed by atoms with Gasteiger partial charge in [-0.3, -0.25) is 4.79 Å². The van der Waals surface area contributed by atoms with Gasteiger partial charge < -0.3 is 10.0 Å². The van der Waals surface area contributed by atoms with Crippen molar-refractivity contribution in [2.24, 2.45) is 5.92 Å². The minimum Gasteiger partial charge on any atom is -0.383 e. The summed E-state index contributed by atoms with van der Waals surface area (Å²) in [6, 6.07) is 0. The van der Waals surface area contributed by atoms with Gasteiger partial charge in [0.15, 0.2) is 0 Å². The predicted molar refractivity (Wildman–Crippen MR) is 46.9 cm³/mol. The van der Waals surface area contributed by atoms with E-state index in [1.807, 2.05) is 4.90 Å². The first kappa shape index (κ1) is 7.56. The number of nitrogens with zero attached hydrogens (tertiary/aromatic N) is 1. The first-order chi connectivity index (χ1) is 6.26. The summed E-state index contributed by atoms with van der Waals surface area (Å²) in [6.07, 6.45) is 6.63. The van der Waals surface area contributed by atoms with E-state index in [9.17, 15) is 9.90 Å². The van der Waals surface area contributed by atoms with Crippen LogP contribution in [0.4, 0.5) is 0 Å². The van der Waals surface area contributed by atoms with E-state index in [2.05, 4.69) is 12.2 Å². The zero-order valence-corrected chi connectivity index (χ0v) is 7.44. The minimum atomic E-state index is -0.729. The molecule has 0 unspecified atom stereocenters. The van der Waals surface area contributed by atoms with Crippen LogP contribution in [-0.2, 0) is 4.79 Å². The summed E-state index contributed by atoms with van der Waals surface area (Å²) in [5.74, 6) is 0.105. The molecule has 70 valence electrons. The van der Waals surface area contributed by atoms with Gasteiger partial charge in [0.05, 0.1) is 5.54 Å². The van der Waals surface area contributed by atoms with Crippen LogP contribution in [0.2, 0.25) is 0 Å². The van der Waals surface area contributed by atoms with Crippen LogP contribution in [0.5, 0.6) is 0 Å². The maximum absolute atomic E-state index is 11.6. The van der Waals surface area contributed by atoms with Gasteiger partial charge in [-0.2, -0.15) is 0 Å². The first-order valence-corrected chi connectivity index (χ1v) is 4.93. The molecule has 0 radical (unpaired) electrons. The third-order valence-electron chi connectivity index (χ3n) is 3.83. The van der Waals surface area contributed by atoms with Crippen LogP contribution in [0.1, 0.15) is 19.3 Å². The van der Waals surface area contributed by atoms with Crippen LogP contribution in [0.3, 0.4) is 0 Å². The monoisotopic (exact) mass is 179 g/mol. The molecule has 3 atom stereocenters. The summed E-state index contributed by atoms with van der Waals surface area (Å²) in [4.78, 5) is 13.5. The van der Waals surface area contributed by atoms with E-state index in [0.29, 0.717) is 6.54 Å². The lowest BCUT2D eigenvalue weighted by Gasteiger charge is -2.30. The minimum absolute atomic E-state index is 0.0605. The summed E-state index contributed by atoms with van der Waals surface area (Å²) in [7, 11) is 0. The molecule has 1 amide bonds.